The van der Waals surface area contributed by atoms with Gasteiger partial charge in [0.25, 0.3) is 0 Å². The number of Topliss-reactive ketones (excluding diaryl/α,β-unsaturated/α-hetero) is 1. The minimum absolute atomic E-state index is 0.279. The van der Waals surface area contributed by atoms with Crippen LogP contribution in [0.15, 0.2) is 49.1 Å². The topological polar surface area (TPSA) is 52.6 Å². The number of ether oxygens (including phenoxy) is 2. The van der Waals surface area contributed by atoms with E-state index in [2.05, 4.69) is 13.5 Å². The zero-order chi connectivity index (χ0) is 23.5. The SMILES string of the molecule is C=CC(=O)OCCCCCCOc1ccc2cc(C(=O)C[C@H]3CCCC[C@@H]3CC)ccc2c1. The first-order valence-corrected chi connectivity index (χ1v) is 12.6. The van der Waals surface area contributed by atoms with E-state index in [0.717, 1.165) is 47.8 Å². The summed E-state index contributed by atoms with van der Waals surface area (Å²) in [5.74, 6) is 2.03. The number of unbranched alkanes of at least 4 members (excludes halogenated alkanes) is 3. The van der Waals surface area contributed by atoms with Crippen LogP contribution in [-0.4, -0.2) is 25.0 Å². The quantitative estimate of drug-likeness (QED) is 0.139. The summed E-state index contributed by atoms with van der Waals surface area (Å²) in [6.07, 6.45) is 12.0. The first-order valence-electron chi connectivity index (χ1n) is 12.6. The highest BCUT2D eigenvalue weighted by Gasteiger charge is 2.26. The number of fused-ring (bicyclic) bond motifs is 1. The number of carbonyl (C=O) groups is 2. The molecular weight excluding hydrogens is 412 g/mol. The third-order valence-corrected chi connectivity index (χ3v) is 6.89. The van der Waals surface area contributed by atoms with Gasteiger partial charge in [-0.2, -0.15) is 0 Å². The smallest absolute Gasteiger partial charge is 0.330 e. The van der Waals surface area contributed by atoms with Crippen molar-refractivity contribution in [2.24, 2.45) is 11.8 Å². The summed E-state index contributed by atoms with van der Waals surface area (Å²) in [6.45, 7) is 6.74. The minimum Gasteiger partial charge on any atom is -0.494 e. The zero-order valence-corrected chi connectivity index (χ0v) is 20.0. The van der Waals surface area contributed by atoms with Gasteiger partial charge in [0.1, 0.15) is 5.75 Å². The van der Waals surface area contributed by atoms with Crippen molar-refractivity contribution in [2.45, 2.75) is 71.1 Å². The Balaban J connectivity index is 1.45. The van der Waals surface area contributed by atoms with Crippen LogP contribution < -0.4 is 4.74 Å². The van der Waals surface area contributed by atoms with Gasteiger partial charge in [0.2, 0.25) is 0 Å². The molecule has 0 bridgehead atoms. The van der Waals surface area contributed by atoms with E-state index in [1.165, 1.54) is 38.2 Å². The minimum atomic E-state index is -0.361. The maximum Gasteiger partial charge on any atom is 0.330 e. The third-order valence-electron chi connectivity index (χ3n) is 6.89. The molecule has 0 aliphatic heterocycles. The van der Waals surface area contributed by atoms with Gasteiger partial charge in [-0.05, 0) is 72.9 Å². The van der Waals surface area contributed by atoms with E-state index < -0.39 is 0 Å². The Kier molecular flexibility index (Phi) is 9.99. The van der Waals surface area contributed by atoms with Crippen LogP contribution in [0.5, 0.6) is 5.75 Å². The van der Waals surface area contributed by atoms with Crippen LogP contribution >= 0.6 is 0 Å². The first kappa shape index (κ1) is 25.0. The average molecular weight is 451 g/mol. The van der Waals surface area contributed by atoms with Gasteiger partial charge < -0.3 is 9.47 Å². The summed E-state index contributed by atoms with van der Waals surface area (Å²) in [5.41, 5.74) is 0.829. The molecule has 1 aliphatic rings. The fourth-order valence-electron chi connectivity index (χ4n) is 4.91. The first-order chi connectivity index (χ1) is 16.1. The second-order valence-electron chi connectivity index (χ2n) is 9.20. The van der Waals surface area contributed by atoms with E-state index in [4.69, 9.17) is 9.47 Å². The normalized spacial score (nSPS) is 18.1. The standard InChI is InChI=1S/C29H38O4/c1-3-22-11-7-8-12-23(22)21-28(30)26-14-13-25-20-27(16-15-24(25)19-26)32-17-9-5-6-10-18-33-29(31)4-2/h4,13-16,19-20,22-23H,2-3,5-12,17-18,21H2,1H3/t22-,23+/m0/s1. The molecule has 0 unspecified atom stereocenters. The van der Waals surface area contributed by atoms with Crippen LogP contribution in [0.2, 0.25) is 0 Å². The van der Waals surface area contributed by atoms with Crippen LogP contribution in [0, 0.1) is 11.8 Å². The molecule has 0 heterocycles. The fourth-order valence-corrected chi connectivity index (χ4v) is 4.91. The largest absolute Gasteiger partial charge is 0.494 e. The highest BCUT2D eigenvalue weighted by molar-refractivity contribution is 6.00. The molecule has 2 aromatic carbocycles. The number of carbonyl (C=O) groups excluding carboxylic acids is 2. The van der Waals surface area contributed by atoms with Crippen LogP contribution in [0.25, 0.3) is 10.8 Å². The molecule has 0 radical (unpaired) electrons. The van der Waals surface area contributed by atoms with E-state index in [9.17, 15) is 9.59 Å². The van der Waals surface area contributed by atoms with Crippen LogP contribution in [0.4, 0.5) is 0 Å². The van der Waals surface area contributed by atoms with Gasteiger partial charge in [-0.15, -0.1) is 0 Å². The third kappa shape index (κ3) is 7.73. The molecule has 0 spiro atoms. The van der Waals surface area contributed by atoms with Crippen molar-refractivity contribution < 1.29 is 19.1 Å². The number of rotatable bonds is 13. The summed E-state index contributed by atoms with van der Waals surface area (Å²) in [5, 5.41) is 2.18. The van der Waals surface area contributed by atoms with E-state index in [0.29, 0.717) is 31.5 Å². The number of hydrogen-bond donors (Lipinski definition) is 0. The van der Waals surface area contributed by atoms with Gasteiger partial charge in [0.15, 0.2) is 5.78 Å². The van der Waals surface area contributed by atoms with Crippen molar-refractivity contribution in [3.05, 3.63) is 54.6 Å². The lowest BCUT2D eigenvalue weighted by Crippen LogP contribution is -2.21. The molecule has 2 aromatic rings. The van der Waals surface area contributed by atoms with Crippen molar-refractivity contribution in [3.8, 4) is 5.75 Å². The summed E-state index contributed by atoms with van der Waals surface area (Å²) in [6, 6.07) is 12.1. The number of hydrogen-bond acceptors (Lipinski definition) is 4. The van der Waals surface area contributed by atoms with Crippen LogP contribution in [0.1, 0.15) is 81.5 Å². The molecule has 0 saturated heterocycles. The zero-order valence-electron chi connectivity index (χ0n) is 20.0. The number of benzene rings is 2. The molecule has 178 valence electrons. The maximum absolute atomic E-state index is 12.9. The Labute approximate surface area is 198 Å². The molecule has 33 heavy (non-hydrogen) atoms. The van der Waals surface area contributed by atoms with E-state index >= 15 is 0 Å². The lowest BCUT2D eigenvalue weighted by molar-refractivity contribution is -0.137. The Hall–Kier alpha value is -2.62. The van der Waals surface area contributed by atoms with Crippen LogP contribution in [-0.2, 0) is 9.53 Å². The van der Waals surface area contributed by atoms with Crippen molar-refractivity contribution >= 4 is 22.5 Å². The monoisotopic (exact) mass is 450 g/mol. The van der Waals surface area contributed by atoms with Gasteiger partial charge in [0.05, 0.1) is 13.2 Å². The molecule has 4 heteroatoms. The van der Waals surface area contributed by atoms with E-state index in [1.807, 2.05) is 36.4 Å². The molecule has 4 nitrogen and oxygen atoms in total. The van der Waals surface area contributed by atoms with Gasteiger partial charge in [-0.1, -0.05) is 57.4 Å². The highest BCUT2D eigenvalue weighted by atomic mass is 16.5. The molecule has 2 atom stereocenters. The Morgan fingerprint density at radius 3 is 2.39 bits per heavy atom. The van der Waals surface area contributed by atoms with Crippen molar-refractivity contribution in [1.82, 2.24) is 0 Å². The Morgan fingerprint density at radius 1 is 0.939 bits per heavy atom. The predicted molar refractivity (Wildman–Crippen MR) is 134 cm³/mol. The maximum atomic E-state index is 12.9. The molecule has 1 saturated carbocycles. The van der Waals surface area contributed by atoms with E-state index in [-0.39, 0.29) is 11.8 Å². The van der Waals surface area contributed by atoms with Crippen LogP contribution in [0.3, 0.4) is 0 Å². The van der Waals surface area contributed by atoms with Crippen molar-refractivity contribution in [1.29, 1.82) is 0 Å². The molecule has 0 aromatic heterocycles. The summed E-state index contributed by atoms with van der Waals surface area (Å²) >= 11 is 0. The van der Waals surface area contributed by atoms with E-state index in [1.54, 1.807) is 0 Å². The van der Waals surface area contributed by atoms with Crippen molar-refractivity contribution in [3.63, 3.8) is 0 Å². The number of ketones is 1. The molecule has 1 fully saturated rings. The molecule has 1 aliphatic carbocycles. The molecule has 0 N–H and O–H groups in total. The van der Waals surface area contributed by atoms with Gasteiger partial charge >= 0.3 is 5.97 Å². The summed E-state index contributed by atoms with van der Waals surface area (Å²) in [4.78, 5) is 23.9. The lowest BCUT2D eigenvalue weighted by Gasteiger charge is -2.30. The van der Waals surface area contributed by atoms with Crippen molar-refractivity contribution in [2.75, 3.05) is 13.2 Å². The Bertz CT molecular complexity index is 932. The lowest BCUT2D eigenvalue weighted by atomic mass is 9.75. The second-order valence-corrected chi connectivity index (χ2v) is 9.20. The molecular formula is C29H38O4. The molecule has 3 rings (SSSR count). The number of esters is 1. The summed E-state index contributed by atoms with van der Waals surface area (Å²) < 4.78 is 10.9. The fraction of sp³-hybridized carbons (Fsp3) is 0.517. The summed E-state index contributed by atoms with van der Waals surface area (Å²) in [7, 11) is 0. The van der Waals surface area contributed by atoms with Gasteiger partial charge in [-0.25, -0.2) is 4.79 Å². The van der Waals surface area contributed by atoms with Gasteiger partial charge in [-0.3, -0.25) is 4.79 Å². The second kappa shape index (κ2) is 13.2. The molecule has 0 amide bonds. The van der Waals surface area contributed by atoms with Gasteiger partial charge in [0, 0.05) is 18.1 Å². The average Bonchev–Trinajstić information content (AvgIpc) is 2.85. The predicted octanol–water partition coefficient (Wildman–Crippen LogP) is 7.30. The Morgan fingerprint density at radius 2 is 1.64 bits per heavy atom. The highest BCUT2D eigenvalue weighted by Crippen LogP contribution is 2.35.